The van der Waals surface area contributed by atoms with Crippen LogP contribution in [-0.2, 0) is 33.3 Å². The molecular formula is C92H140NO8+. The molecule has 9 heteroatoms. The van der Waals surface area contributed by atoms with E-state index in [2.05, 4.69) is 269 Å². The summed E-state index contributed by atoms with van der Waals surface area (Å²) in [6.07, 6.45) is 125. The lowest BCUT2D eigenvalue weighted by Gasteiger charge is -2.25. The largest absolute Gasteiger partial charge is 0.477 e. The van der Waals surface area contributed by atoms with Gasteiger partial charge in [0.15, 0.2) is 6.10 Å². The molecule has 0 fully saturated rings. The van der Waals surface area contributed by atoms with Crippen LogP contribution in [0.25, 0.3) is 0 Å². The zero-order valence-electron chi connectivity index (χ0n) is 63.9. The topological polar surface area (TPSA) is 108 Å². The number of hydrogen-bond donors (Lipinski definition) is 1. The third-order valence-electron chi connectivity index (χ3n) is 15.3. The lowest BCUT2D eigenvalue weighted by atomic mass is 10.1. The summed E-state index contributed by atoms with van der Waals surface area (Å²) in [7, 11) is 5.94. The predicted molar refractivity (Wildman–Crippen MR) is 437 cm³/mol. The highest BCUT2D eigenvalue weighted by atomic mass is 16.7. The molecule has 0 amide bonds. The third kappa shape index (κ3) is 80.0. The van der Waals surface area contributed by atoms with E-state index in [1.807, 2.05) is 21.1 Å². The monoisotopic (exact) mass is 1390 g/mol. The molecule has 2 atom stereocenters. The van der Waals surface area contributed by atoms with Gasteiger partial charge in [0.1, 0.15) is 13.2 Å². The molecule has 1 N–H and O–H groups in total. The van der Waals surface area contributed by atoms with Crippen molar-refractivity contribution in [1.29, 1.82) is 0 Å². The highest BCUT2D eigenvalue weighted by Gasteiger charge is 2.25. The normalized spacial score (nSPS) is 14.1. The molecule has 0 aromatic carbocycles. The number of hydrogen-bond acceptors (Lipinski definition) is 7. The van der Waals surface area contributed by atoms with Crippen molar-refractivity contribution in [3.63, 3.8) is 0 Å². The number of aliphatic carboxylic acids is 1. The molecule has 0 aromatic heterocycles. The second-order valence-electron chi connectivity index (χ2n) is 25.8. The molecule has 560 valence electrons. The average Bonchev–Trinajstić information content (AvgIpc) is 1.21. The number of ether oxygens (including phenoxy) is 4. The van der Waals surface area contributed by atoms with E-state index in [4.69, 9.17) is 18.9 Å². The van der Waals surface area contributed by atoms with Crippen molar-refractivity contribution < 1.29 is 42.9 Å². The Labute approximate surface area is 617 Å². The second-order valence-corrected chi connectivity index (χ2v) is 25.8. The standard InChI is InChI=1S/C92H139NO8/c1-6-8-10-12-14-16-18-20-22-24-26-28-30-32-34-36-38-40-42-44-45-47-49-51-53-55-57-59-61-63-65-67-69-71-73-75-77-79-81-83-90(95)101-88(87-100-92(91(96)97)98-85-84-93(3,4)5)86-99-89(94)82-80-78-76-74-72-70-68-66-64-62-60-58-56-54-52-50-48-46-43-41-39-37-35-33-31-29-27-25-23-21-19-17-15-13-11-9-7-2/h8-11,14-17,20-23,26-29,32-35,38-41,44-46,48-49,51-52,54-55,57-58,60-61,63,67,69,73,75,88,92H,6-7,12-13,18-19,24-25,30-31,36-37,42-43,47,50,53,56,59,62,64-66,68,70-72,74,76-87H2,1-5H3/p+1/b10-8-,11-9-,16-14-,17-15-,22-20-,23-21-,28-26-,29-27-,34-32-,35-33-,40-38-,41-39-,45-44-,48-46-,51-49-,54-52-,57-55-,60-58-,63-61-,69-67-,75-73-. The molecule has 0 aliphatic carbocycles. The maximum atomic E-state index is 13.0. The van der Waals surface area contributed by atoms with E-state index >= 15 is 0 Å². The molecule has 0 saturated carbocycles. The summed E-state index contributed by atoms with van der Waals surface area (Å²) in [5, 5.41) is 9.77. The van der Waals surface area contributed by atoms with Crippen molar-refractivity contribution >= 4 is 17.9 Å². The van der Waals surface area contributed by atoms with Crippen LogP contribution >= 0.6 is 0 Å². The first-order valence-electron chi connectivity index (χ1n) is 38.8. The van der Waals surface area contributed by atoms with Crippen molar-refractivity contribution in [2.24, 2.45) is 0 Å². The molecule has 9 nitrogen and oxygen atoms in total. The highest BCUT2D eigenvalue weighted by Crippen LogP contribution is 2.14. The number of quaternary nitrogens is 1. The van der Waals surface area contributed by atoms with Crippen LogP contribution in [0.5, 0.6) is 0 Å². The summed E-state index contributed by atoms with van der Waals surface area (Å²) in [6.45, 7) is 4.55. The van der Waals surface area contributed by atoms with Gasteiger partial charge in [-0.15, -0.1) is 0 Å². The summed E-state index contributed by atoms with van der Waals surface area (Å²) >= 11 is 0. The molecule has 2 unspecified atom stereocenters. The highest BCUT2D eigenvalue weighted by molar-refractivity contribution is 5.71. The van der Waals surface area contributed by atoms with E-state index in [0.717, 1.165) is 180 Å². The summed E-state index contributed by atoms with van der Waals surface area (Å²) < 4.78 is 22.9. The zero-order valence-corrected chi connectivity index (χ0v) is 63.9. The third-order valence-corrected chi connectivity index (χ3v) is 15.3. The number of likely N-dealkylation sites (N-methyl/N-ethyl adjacent to an activating group) is 1. The van der Waals surface area contributed by atoms with Gasteiger partial charge in [0.25, 0.3) is 6.29 Å². The molecule has 101 heavy (non-hydrogen) atoms. The van der Waals surface area contributed by atoms with Gasteiger partial charge in [0.2, 0.25) is 0 Å². The van der Waals surface area contributed by atoms with Gasteiger partial charge < -0.3 is 28.5 Å². The number of unbranched alkanes of at least 4 members (excludes halogenated alkanes) is 11. The van der Waals surface area contributed by atoms with Crippen molar-refractivity contribution in [3.05, 3.63) is 255 Å². The van der Waals surface area contributed by atoms with Gasteiger partial charge in [-0.05, 0) is 173 Å². The summed E-state index contributed by atoms with van der Waals surface area (Å²) in [4.78, 5) is 37.7. The molecule has 0 aliphatic rings. The van der Waals surface area contributed by atoms with Crippen molar-refractivity contribution in [2.45, 2.75) is 257 Å². The number of allylic oxidation sites excluding steroid dienone is 42. The van der Waals surface area contributed by atoms with E-state index in [1.165, 1.54) is 32.1 Å². The quantitative estimate of drug-likeness (QED) is 0.0211. The first-order chi connectivity index (χ1) is 49.6. The maximum Gasteiger partial charge on any atom is 0.361 e. The molecule has 0 radical (unpaired) electrons. The predicted octanol–water partition coefficient (Wildman–Crippen LogP) is 25.4. The first kappa shape index (κ1) is 93.8. The molecule has 0 aliphatic heterocycles. The summed E-state index contributed by atoms with van der Waals surface area (Å²) in [5.41, 5.74) is 0. The molecule has 0 heterocycles. The van der Waals surface area contributed by atoms with E-state index < -0.39 is 24.3 Å². The Balaban J connectivity index is 4.27. The fourth-order valence-corrected chi connectivity index (χ4v) is 9.46. The van der Waals surface area contributed by atoms with Crippen molar-refractivity contribution in [2.75, 3.05) is 47.5 Å². The van der Waals surface area contributed by atoms with E-state index in [1.54, 1.807) is 0 Å². The van der Waals surface area contributed by atoms with Crippen LogP contribution in [0.3, 0.4) is 0 Å². The molecular weight excluding hydrogens is 1250 g/mol. The van der Waals surface area contributed by atoms with Gasteiger partial charge in [0.05, 0.1) is 34.4 Å². The fraction of sp³-hybridized carbons (Fsp3) is 0.511. The molecule has 0 saturated heterocycles. The Bertz CT molecular complexity index is 2620. The van der Waals surface area contributed by atoms with E-state index in [-0.39, 0.29) is 38.6 Å². The van der Waals surface area contributed by atoms with Crippen LogP contribution < -0.4 is 0 Å². The Kier molecular flexibility index (Phi) is 73.0. The van der Waals surface area contributed by atoms with Gasteiger partial charge >= 0.3 is 17.9 Å². The average molecular weight is 1390 g/mol. The van der Waals surface area contributed by atoms with Crippen LogP contribution in [-0.4, -0.2) is 87.4 Å². The Morgan fingerprint density at radius 1 is 0.297 bits per heavy atom. The zero-order chi connectivity index (χ0) is 73.2. The number of nitrogens with zero attached hydrogens (tertiary/aromatic N) is 1. The second kappa shape index (κ2) is 78.5. The first-order valence-corrected chi connectivity index (χ1v) is 38.8. The minimum absolute atomic E-state index is 0.164. The van der Waals surface area contributed by atoms with Gasteiger partial charge in [0, 0.05) is 12.8 Å². The number of carboxylic acids is 1. The molecule has 0 bridgehead atoms. The SMILES string of the molecule is CC/C=C\C/C=C\C/C=C\C/C=C\C/C=C\C/C=C\C/C=C\C/C=C\C/C=C\C/C=C\C/C=C\C/C=C\CCCCC(=O)OC(COC(=O)CCCCCCCCCCC/C=C\C/C=C\C/C=C\C/C=C\C/C=C\C/C=C\C/C=C\C/C=C\C/C=C\CC)COC(OCC[N+](C)(C)C)C(=O)O. The van der Waals surface area contributed by atoms with Crippen LogP contribution in [0.4, 0.5) is 0 Å². The molecule has 0 aromatic rings. The van der Waals surface area contributed by atoms with Crippen LogP contribution in [0.2, 0.25) is 0 Å². The number of carboxylic acid groups (broad SMARTS) is 1. The maximum absolute atomic E-state index is 13.0. The summed E-state index contributed by atoms with van der Waals surface area (Å²) in [6, 6.07) is 0. The van der Waals surface area contributed by atoms with Crippen LogP contribution in [0.15, 0.2) is 255 Å². The van der Waals surface area contributed by atoms with Crippen molar-refractivity contribution in [3.8, 4) is 0 Å². The molecule has 0 rings (SSSR count). The Morgan fingerprint density at radius 2 is 0.535 bits per heavy atom. The number of rotatable bonds is 68. The van der Waals surface area contributed by atoms with Gasteiger partial charge in [-0.2, -0.15) is 0 Å². The smallest absolute Gasteiger partial charge is 0.361 e. The number of esters is 2. The molecule has 0 spiro atoms. The lowest BCUT2D eigenvalue weighted by molar-refractivity contribution is -0.870. The van der Waals surface area contributed by atoms with Crippen LogP contribution in [0, 0.1) is 0 Å². The van der Waals surface area contributed by atoms with E-state index in [0.29, 0.717) is 17.4 Å². The number of carbonyl (C=O) groups excluding carboxylic acids is 2. The fourth-order valence-electron chi connectivity index (χ4n) is 9.46. The van der Waals surface area contributed by atoms with E-state index in [9.17, 15) is 19.5 Å². The van der Waals surface area contributed by atoms with Gasteiger partial charge in [-0.25, -0.2) is 4.79 Å². The Hall–Kier alpha value is -7.17. The van der Waals surface area contributed by atoms with Gasteiger partial charge in [-0.3, -0.25) is 9.59 Å². The summed E-state index contributed by atoms with van der Waals surface area (Å²) in [5.74, 6) is -2.10. The Morgan fingerprint density at radius 3 is 0.812 bits per heavy atom. The minimum atomic E-state index is -1.54. The van der Waals surface area contributed by atoms with Crippen molar-refractivity contribution in [1.82, 2.24) is 0 Å². The lowest BCUT2D eigenvalue weighted by Crippen LogP contribution is -2.40. The number of carbonyl (C=O) groups is 3. The van der Waals surface area contributed by atoms with Gasteiger partial charge in [-0.1, -0.05) is 314 Å². The van der Waals surface area contributed by atoms with Crippen LogP contribution in [0.1, 0.15) is 245 Å². The minimum Gasteiger partial charge on any atom is -0.477 e.